The number of imide groups is 1. The van der Waals surface area contributed by atoms with E-state index in [-0.39, 0.29) is 48.2 Å². The van der Waals surface area contributed by atoms with Gasteiger partial charge in [-0.1, -0.05) is 64.6 Å². The first-order chi connectivity index (χ1) is 15.3. The summed E-state index contributed by atoms with van der Waals surface area (Å²) in [5.41, 5.74) is -0.115. The van der Waals surface area contributed by atoms with Gasteiger partial charge in [0.05, 0.1) is 49.6 Å². The van der Waals surface area contributed by atoms with E-state index >= 15 is 0 Å². The molecule has 0 fully saturated rings. The second-order valence-electron chi connectivity index (χ2n) is 6.54. The lowest BCUT2D eigenvalue weighted by atomic mass is 10.1. The van der Waals surface area contributed by atoms with Crippen LogP contribution in [-0.2, 0) is 0 Å². The van der Waals surface area contributed by atoms with Crippen molar-refractivity contribution in [3.8, 4) is 11.5 Å². The molecule has 0 atom stereocenters. The van der Waals surface area contributed by atoms with Gasteiger partial charge in [0, 0.05) is 0 Å². The number of anilines is 1. The van der Waals surface area contributed by atoms with Crippen molar-refractivity contribution in [3.05, 3.63) is 85.3 Å². The summed E-state index contributed by atoms with van der Waals surface area (Å²) in [6.07, 6.45) is 0. The number of hydrogen-bond donors (Lipinski definition) is 0. The molecule has 0 radical (unpaired) electrons. The summed E-state index contributed by atoms with van der Waals surface area (Å²) < 4.78 is 10.6. The van der Waals surface area contributed by atoms with Crippen LogP contribution >= 0.6 is 46.4 Å². The van der Waals surface area contributed by atoms with Gasteiger partial charge in [0.15, 0.2) is 5.75 Å². The first kappa shape index (κ1) is 22.4. The van der Waals surface area contributed by atoms with Crippen molar-refractivity contribution < 1.29 is 23.9 Å². The Balaban J connectivity index is 1.75. The second-order valence-corrected chi connectivity index (χ2v) is 8.05. The SMILES string of the molecule is COc1cccc(C(=O)Oc2ccccc2N2C(=O)c3c(Cl)c(Cl)c(Cl)c(Cl)c3C2=O)c1. The summed E-state index contributed by atoms with van der Waals surface area (Å²) in [5.74, 6) is -1.83. The topological polar surface area (TPSA) is 72.9 Å². The number of para-hydroxylation sites is 2. The van der Waals surface area contributed by atoms with Gasteiger partial charge in [-0.2, -0.15) is 0 Å². The maximum absolute atomic E-state index is 13.1. The standard InChI is InChI=1S/C22H11Cl4NO5/c1-31-11-6-4-5-10(9-11)22(30)32-13-8-3-2-7-12(13)27-20(28)14-15(21(27)29)17(24)19(26)18(25)16(14)23/h2-9H,1H3. The maximum Gasteiger partial charge on any atom is 0.343 e. The Labute approximate surface area is 202 Å². The molecule has 0 N–H and O–H groups in total. The highest BCUT2D eigenvalue weighted by Crippen LogP contribution is 2.46. The quantitative estimate of drug-likeness (QED) is 0.135. The zero-order valence-corrected chi connectivity index (χ0v) is 19.1. The van der Waals surface area contributed by atoms with Crippen LogP contribution in [0.5, 0.6) is 11.5 Å². The van der Waals surface area contributed by atoms with Gasteiger partial charge in [-0.05, 0) is 30.3 Å². The van der Waals surface area contributed by atoms with E-state index in [1.54, 1.807) is 30.3 Å². The summed E-state index contributed by atoms with van der Waals surface area (Å²) >= 11 is 24.5. The van der Waals surface area contributed by atoms with Crippen LogP contribution in [0.1, 0.15) is 31.1 Å². The second kappa shape index (κ2) is 8.64. The number of carbonyl (C=O) groups excluding carboxylic acids is 3. The summed E-state index contributed by atoms with van der Waals surface area (Å²) in [4.78, 5) is 39.8. The average Bonchev–Trinajstić information content (AvgIpc) is 3.06. The normalized spacial score (nSPS) is 12.7. The third-order valence-corrected chi connectivity index (χ3v) is 6.52. The predicted octanol–water partition coefficient (Wildman–Crippen LogP) is 6.33. The molecule has 1 aliphatic rings. The molecule has 1 aliphatic heterocycles. The lowest BCUT2D eigenvalue weighted by Crippen LogP contribution is -2.30. The molecule has 162 valence electrons. The van der Waals surface area contributed by atoms with Crippen LogP contribution in [0.4, 0.5) is 5.69 Å². The number of ether oxygens (including phenoxy) is 2. The first-order valence-corrected chi connectivity index (χ1v) is 10.5. The molecule has 0 saturated heterocycles. The predicted molar refractivity (Wildman–Crippen MR) is 122 cm³/mol. The van der Waals surface area contributed by atoms with E-state index in [1.807, 2.05) is 0 Å². The van der Waals surface area contributed by atoms with Gasteiger partial charge in [-0.15, -0.1) is 0 Å². The average molecular weight is 511 g/mol. The molecule has 4 rings (SSSR count). The summed E-state index contributed by atoms with van der Waals surface area (Å²) in [6.45, 7) is 0. The van der Waals surface area contributed by atoms with Crippen LogP contribution in [0.25, 0.3) is 0 Å². The largest absolute Gasteiger partial charge is 0.497 e. The van der Waals surface area contributed by atoms with Gasteiger partial charge in [0.2, 0.25) is 0 Å². The van der Waals surface area contributed by atoms with Crippen molar-refractivity contribution in [2.75, 3.05) is 12.0 Å². The third kappa shape index (κ3) is 3.59. The van der Waals surface area contributed by atoms with Gasteiger partial charge >= 0.3 is 5.97 Å². The molecular weight excluding hydrogens is 500 g/mol. The van der Waals surface area contributed by atoms with Crippen LogP contribution in [-0.4, -0.2) is 24.9 Å². The number of rotatable bonds is 4. The van der Waals surface area contributed by atoms with Gasteiger partial charge in [0.1, 0.15) is 5.75 Å². The van der Waals surface area contributed by atoms with Gasteiger partial charge in [-0.25, -0.2) is 9.69 Å². The lowest BCUT2D eigenvalue weighted by Gasteiger charge is -2.17. The Bertz CT molecular complexity index is 1260. The van der Waals surface area contributed by atoms with E-state index in [1.165, 1.54) is 25.3 Å². The Kier molecular flexibility index (Phi) is 6.05. The molecule has 0 spiro atoms. The summed E-state index contributed by atoms with van der Waals surface area (Å²) in [5, 5.41) is -0.666. The van der Waals surface area contributed by atoms with Crippen LogP contribution in [0.3, 0.4) is 0 Å². The number of carbonyl (C=O) groups is 3. The number of methoxy groups -OCH3 is 1. The molecule has 0 aromatic heterocycles. The van der Waals surface area contributed by atoms with Crippen molar-refractivity contribution in [2.45, 2.75) is 0 Å². The van der Waals surface area contributed by atoms with Crippen molar-refractivity contribution in [3.63, 3.8) is 0 Å². The minimum atomic E-state index is -0.777. The van der Waals surface area contributed by atoms with Crippen LogP contribution < -0.4 is 14.4 Å². The molecule has 3 aromatic carbocycles. The Morgan fingerprint density at radius 3 is 2.00 bits per heavy atom. The maximum atomic E-state index is 13.1. The number of nitrogens with zero attached hydrogens (tertiary/aromatic N) is 1. The lowest BCUT2D eigenvalue weighted by molar-refractivity contribution is 0.0731. The molecule has 32 heavy (non-hydrogen) atoms. The molecule has 1 heterocycles. The fourth-order valence-corrected chi connectivity index (χ4v) is 4.22. The smallest absolute Gasteiger partial charge is 0.343 e. The van der Waals surface area contributed by atoms with Crippen molar-refractivity contribution in [2.24, 2.45) is 0 Å². The number of halogens is 4. The fraction of sp³-hybridized carbons (Fsp3) is 0.0455. The zero-order valence-electron chi connectivity index (χ0n) is 16.1. The van der Waals surface area contributed by atoms with Crippen LogP contribution in [0, 0.1) is 0 Å². The number of fused-ring (bicyclic) bond motifs is 1. The van der Waals surface area contributed by atoms with Gasteiger partial charge in [0.25, 0.3) is 11.8 Å². The number of hydrogen-bond acceptors (Lipinski definition) is 5. The highest BCUT2D eigenvalue weighted by molar-refractivity contribution is 6.56. The van der Waals surface area contributed by atoms with E-state index in [0.717, 1.165) is 4.90 Å². The first-order valence-electron chi connectivity index (χ1n) is 8.96. The Morgan fingerprint density at radius 1 is 0.812 bits per heavy atom. The minimum Gasteiger partial charge on any atom is -0.497 e. The molecule has 6 nitrogen and oxygen atoms in total. The Morgan fingerprint density at radius 2 is 1.41 bits per heavy atom. The summed E-state index contributed by atoms with van der Waals surface area (Å²) in [7, 11) is 1.47. The molecule has 0 saturated carbocycles. The fourth-order valence-electron chi connectivity index (χ4n) is 3.20. The third-order valence-electron chi connectivity index (χ3n) is 4.72. The van der Waals surface area contributed by atoms with Crippen molar-refractivity contribution in [1.82, 2.24) is 0 Å². The highest BCUT2D eigenvalue weighted by Gasteiger charge is 2.43. The van der Waals surface area contributed by atoms with E-state index in [4.69, 9.17) is 55.9 Å². The van der Waals surface area contributed by atoms with Gasteiger partial charge < -0.3 is 9.47 Å². The van der Waals surface area contributed by atoms with Crippen molar-refractivity contribution in [1.29, 1.82) is 0 Å². The van der Waals surface area contributed by atoms with E-state index < -0.39 is 17.8 Å². The van der Waals surface area contributed by atoms with E-state index in [2.05, 4.69) is 0 Å². The number of amides is 2. The number of benzene rings is 3. The highest BCUT2D eigenvalue weighted by atomic mass is 35.5. The number of esters is 1. The van der Waals surface area contributed by atoms with Gasteiger partial charge in [-0.3, -0.25) is 9.59 Å². The molecule has 10 heteroatoms. The van der Waals surface area contributed by atoms with Crippen molar-refractivity contribution >= 4 is 69.9 Å². The molecular formula is C22H11Cl4NO5. The Hall–Kier alpha value is -2.77. The molecule has 0 bridgehead atoms. The van der Waals surface area contributed by atoms with Crippen LogP contribution in [0.2, 0.25) is 20.1 Å². The molecule has 3 aromatic rings. The zero-order chi connectivity index (χ0) is 23.2. The molecule has 2 amide bonds. The molecule has 0 unspecified atom stereocenters. The van der Waals surface area contributed by atoms with Crippen LogP contribution in [0.15, 0.2) is 48.5 Å². The monoisotopic (exact) mass is 509 g/mol. The molecule has 0 aliphatic carbocycles. The minimum absolute atomic E-state index is 0.0225. The van der Waals surface area contributed by atoms with E-state index in [0.29, 0.717) is 5.75 Å². The van der Waals surface area contributed by atoms with E-state index in [9.17, 15) is 14.4 Å². The summed E-state index contributed by atoms with van der Waals surface area (Å²) in [6, 6.07) is 12.4.